The van der Waals surface area contributed by atoms with Crippen molar-refractivity contribution in [1.29, 1.82) is 0 Å². The molecule has 0 amide bonds. The van der Waals surface area contributed by atoms with Crippen molar-refractivity contribution in [3.8, 4) is 22.3 Å². The number of benzene rings is 11. The lowest BCUT2D eigenvalue weighted by Gasteiger charge is -2.31. The molecule has 0 bridgehead atoms. The van der Waals surface area contributed by atoms with Gasteiger partial charge in [0.2, 0.25) is 0 Å². The van der Waals surface area contributed by atoms with Crippen LogP contribution in [-0.4, -0.2) is 5.25 Å². The van der Waals surface area contributed by atoms with Crippen molar-refractivity contribution in [2.24, 2.45) is 0 Å². The van der Waals surface area contributed by atoms with Gasteiger partial charge in [-0.05, 0) is 72.6 Å². The monoisotopic (exact) mass is 972 g/mol. The first-order chi connectivity index (χ1) is 36.5. The van der Waals surface area contributed by atoms with Gasteiger partial charge in [0, 0.05) is 70.4 Å². The van der Waals surface area contributed by atoms with Crippen LogP contribution in [0.15, 0.2) is 249 Å². The fraction of sp³-hybridized carbons (Fsp3) is 0.0588. The number of fused-ring (bicyclic) bond motifs is 10. The molecule has 0 radical (unpaired) electrons. The van der Waals surface area contributed by atoms with E-state index in [0.717, 1.165) is 133 Å². The zero-order valence-electron chi connectivity index (χ0n) is 41.0. The average Bonchev–Trinajstić information content (AvgIpc) is 4.15. The Hall–Kier alpha value is -8.97. The van der Waals surface area contributed by atoms with Crippen molar-refractivity contribution in [3.63, 3.8) is 0 Å². The Kier molecular flexibility index (Phi) is 10.4. The van der Waals surface area contributed by atoms with Gasteiger partial charge in [0.05, 0.1) is 28.1 Å². The molecule has 6 heteroatoms. The molecule has 0 aliphatic rings. The summed E-state index contributed by atoms with van der Waals surface area (Å²) in [5, 5.41) is 8.67. The van der Waals surface area contributed by atoms with Crippen LogP contribution in [-0.2, 0) is 0 Å². The minimum Gasteiger partial charge on any atom is -0.454 e. The largest absolute Gasteiger partial charge is 0.454 e. The Bertz CT molecular complexity index is 4440. The molecule has 0 fully saturated rings. The first-order valence-electron chi connectivity index (χ1n) is 25.3. The second kappa shape index (κ2) is 17.7. The second-order valence-electron chi connectivity index (χ2n) is 19.3. The highest BCUT2D eigenvalue weighted by Crippen LogP contribution is 2.56. The topological polar surface area (TPSA) is 45.9 Å². The summed E-state index contributed by atoms with van der Waals surface area (Å²) in [5.41, 5.74) is 16.0. The van der Waals surface area contributed by atoms with Crippen LogP contribution < -0.4 is 9.80 Å². The highest BCUT2D eigenvalue weighted by Gasteiger charge is 2.32. The van der Waals surface area contributed by atoms with Gasteiger partial charge in [-0.15, -0.1) is 11.8 Å². The van der Waals surface area contributed by atoms with Crippen LogP contribution in [0.2, 0.25) is 0 Å². The molecule has 0 N–H and O–H groups in total. The highest BCUT2D eigenvalue weighted by atomic mass is 32.2. The molecular weight excluding hydrogens is 925 g/mol. The fourth-order valence-electron chi connectivity index (χ4n) is 11.1. The molecule has 14 rings (SSSR count). The van der Waals surface area contributed by atoms with Gasteiger partial charge < -0.3 is 23.1 Å². The number of anilines is 6. The van der Waals surface area contributed by atoms with Crippen molar-refractivity contribution in [1.82, 2.24) is 0 Å². The van der Waals surface area contributed by atoms with Crippen LogP contribution >= 0.6 is 11.8 Å². The molecule has 0 saturated heterocycles. The molecular formula is C68H48N2O3S. The molecule has 0 atom stereocenters. The van der Waals surface area contributed by atoms with Crippen molar-refractivity contribution in [3.05, 3.63) is 236 Å². The maximum absolute atomic E-state index is 7.39. The summed E-state index contributed by atoms with van der Waals surface area (Å²) in [4.78, 5) is 5.98. The van der Waals surface area contributed by atoms with Gasteiger partial charge in [-0.2, -0.15) is 0 Å². The standard InChI is InChI=1S/C68H48N2O3S/c1-42(2)74-48-40-38-47(39-41-48)69(58-31-16-29-55-53-27-14-25-49(64(53)72-66(55)58)44-18-6-4-7-19-44)62-51-22-10-11-23-52(51)63(68-61(62)57-24-12-13-33-60(57)71-68)70(46-36-34-43(3)35-37-46)59-32-17-30-56-54-28-15-26-50(65(54)73-67(56)59)45-20-8-5-9-21-45/h4-42H,1-3H3. The Morgan fingerprint density at radius 1 is 0.351 bits per heavy atom. The summed E-state index contributed by atoms with van der Waals surface area (Å²) in [5.74, 6) is 0. The predicted molar refractivity (Wildman–Crippen MR) is 312 cm³/mol. The normalized spacial score (nSPS) is 11.9. The van der Waals surface area contributed by atoms with E-state index in [1.54, 1.807) is 0 Å². The predicted octanol–water partition coefficient (Wildman–Crippen LogP) is 20.6. The third-order valence-corrected chi connectivity index (χ3v) is 15.4. The third-order valence-electron chi connectivity index (χ3n) is 14.3. The summed E-state index contributed by atoms with van der Waals surface area (Å²) in [6, 6.07) is 82.0. The Morgan fingerprint density at radius 2 is 0.784 bits per heavy atom. The van der Waals surface area contributed by atoms with Gasteiger partial charge in [-0.3, -0.25) is 0 Å². The lowest BCUT2D eigenvalue weighted by Crippen LogP contribution is -2.14. The lowest BCUT2D eigenvalue weighted by molar-refractivity contribution is 0.667. The Labute approximate surface area is 432 Å². The number of furan rings is 3. The van der Waals surface area contributed by atoms with Crippen LogP contribution in [0.1, 0.15) is 19.4 Å². The van der Waals surface area contributed by atoms with Gasteiger partial charge in [0.15, 0.2) is 16.7 Å². The number of nitrogens with zero attached hydrogens (tertiary/aromatic N) is 2. The zero-order chi connectivity index (χ0) is 49.4. The van der Waals surface area contributed by atoms with E-state index < -0.39 is 0 Å². The number of rotatable bonds is 10. The summed E-state index contributed by atoms with van der Waals surface area (Å²) >= 11 is 1.86. The van der Waals surface area contributed by atoms with Crippen LogP contribution in [0.25, 0.3) is 98.8 Å². The van der Waals surface area contributed by atoms with E-state index in [1.807, 2.05) is 11.8 Å². The van der Waals surface area contributed by atoms with Crippen molar-refractivity contribution in [2.45, 2.75) is 30.9 Å². The molecule has 0 aliphatic heterocycles. The van der Waals surface area contributed by atoms with Crippen LogP contribution in [0.4, 0.5) is 34.1 Å². The fourth-order valence-corrected chi connectivity index (χ4v) is 12.0. The molecule has 3 heterocycles. The van der Waals surface area contributed by atoms with E-state index >= 15 is 0 Å². The quantitative estimate of drug-likeness (QED) is 0.101. The SMILES string of the molecule is Cc1ccc(N(c2cccc3c2oc2c(-c4ccccc4)cccc23)c2c3ccccc3c(N(c3ccc(SC(C)C)cc3)c3cccc4c3oc3c(-c5ccccc5)cccc34)c3c2oc2ccccc23)cc1. The maximum Gasteiger partial charge on any atom is 0.162 e. The average molecular weight is 973 g/mol. The molecule has 0 unspecified atom stereocenters. The van der Waals surface area contributed by atoms with Crippen molar-refractivity contribution in [2.75, 3.05) is 9.80 Å². The summed E-state index contributed by atoms with van der Waals surface area (Å²) in [6.45, 7) is 6.61. The van der Waals surface area contributed by atoms with E-state index in [4.69, 9.17) is 13.3 Å². The molecule has 0 saturated carbocycles. The third kappa shape index (κ3) is 7.08. The van der Waals surface area contributed by atoms with Crippen molar-refractivity contribution >= 4 is 122 Å². The molecule has 0 aliphatic carbocycles. The van der Waals surface area contributed by atoms with Gasteiger partial charge in [0.1, 0.15) is 16.7 Å². The molecule has 5 nitrogen and oxygen atoms in total. The van der Waals surface area contributed by atoms with Crippen LogP contribution in [0.3, 0.4) is 0 Å². The minimum absolute atomic E-state index is 0.432. The first-order valence-corrected chi connectivity index (χ1v) is 26.1. The van der Waals surface area contributed by atoms with E-state index in [9.17, 15) is 0 Å². The van der Waals surface area contributed by atoms with Gasteiger partial charge in [0.25, 0.3) is 0 Å². The highest BCUT2D eigenvalue weighted by molar-refractivity contribution is 7.99. The Morgan fingerprint density at radius 3 is 1.32 bits per heavy atom. The minimum atomic E-state index is 0.432. The van der Waals surface area contributed by atoms with Crippen molar-refractivity contribution < 1.29 is 13.3 Å². The summed E-state index contributed by atoms with van der Waals surface area (Å²) in [7, 11) is 0. The molecule has 11 aromatic carbocycles. The number of thioether (sulfide) groups is 1. The second-order valence-corrected chi connectivity index (χ2v) is 21.0. The van der Waals surface area contributed by atoms with E-state index in [-0.39, 0.29) is 0 Å². The smallest absolute Gasteiger partial charge is 0.162 e. The first kappa shape index (κ1) is 43.8. The Balaban J connectivity index is 1.10. The van der Waals surface area contributed by atoms with Crippen LogP contribution in [0, 0.1) is 6.92 Å². The van der Waals surface area contributed by atoms with Gasteiger partial charge in [-0.1, -0.05) is 195 Å². The maximum atomic E-state index is 7.39. The number of hydrogen-bond donors (Lipinski definition) is 0. The molecule has 0 spiro atoms. The van der Waals surface area contributed by atoms with Gasteiger partial charge >= 0.3 is 0 Å². The number of para-hydroxylation sites is 5. The van der Waals surface area contributed by atoms with Gasteiger partial charge in [-0.25, -0.2) is 0 Å². The van der Waals surface area contributed by atoms with E-state index in [1.165, 1.54) is 10.5 Å². The zero-order valence-corrected chi connectivity index (χ0v) is 41.9. The molecule has 74 heavy (non-hydrogen) atoms. The molecule has 3 aromatic heterocycles. The molecule has 354 valence electrons. The van der Waals surface area contributed by atoms with E-state index in [2.05, 4.69) is 261 Å². The van der Waals surface area contributed by atoms with Crippen LogP contribution in [0.5, 0.6) is 0 Å². The molecule has 14 aromatic rings. The summed E-state index contributed by atoms with van der Waals surface area (Å²) < 4.78 is 21.9. The number of hydrogen-bond acceptors (Lipinski definition) is 6. The summed E-state index contributed by atoms with van der Waals surface area (Å²) in [6.07, 6.45) is 0. The van der Waals surface area contributed by atoms with E-state index in [0.29, 0.717) is 5.25 Å². The lowest BCUT2D eigenvalue weighted by atomic mass is 9.97. The number of aryl methyl sites for hydroxylation is 1.